The standard InChI is InChI=1S/C12H16ClFN2O/c1-8(2)5-9(13)6-16-12(17)10-3-4-15-7-11(10)14/h3-4,7-9H,5-6H2,1-2H3,(H,16,17). The van der Waals surface area contributed by atoms with Crippen LogP contribution < -0.4 is 5.32 Å². The summed E-state index contributed by atoms with van der Waals surface area (Å²) < 4.78 is 13.2. The number of alkyl halides is 1. The number of halogens is 2. The smallest absolute Gasteiger partial charge is 0.254 e. The Hall–Kier alpha value is -1.16. The van der Waals surface area contributed by atoms with E-state index in [1.54, 1.807) is 0 Å². The van der Waals surface area contributed by atoms with Crippen LogP contribution in [0.15, 0.2) is 18.5 Å². The van der Waals surface area contributed by atoms with Crippen LogP contribution in [0.4, 0.5) is 4.39 Å². The molecular weight excluding hydrogens is 243 g/mol. The fourth-order valence-corrected chi connectivity index (χ4v) is 1.89. The molecule has 0 radical (unpaired) electrons. The Bertz CT molecular complexity index is 385. The summed E-state index contributed by atoms with van der Waals surface area (Å²) in [6.45, 7) is 4.44. The summed E-state index contributed by atoms with van der Waals surface area (Å²) in [4.78, 5) is 15.2. The van der Waals surface area contributed by atoms with E-state index >= 15 is 0 Å². The van der Waals surface area contributed by atoms with Gasteiger partial charge in [0.1, 0.15) is 0 Å². The second-order valence-electron chi connectivity index (χ2n) is 4.29. The van der Waals surface area contributed by atoms with Crippen LogP contribution in [0.3, 0.4) is 0 Å². The molecule has 1 rings (SSSR count). The van der Waals surface area contributed by atoms with Gasteiger partial charge in [-0.3, -0.25) is 9.78 Å². The molecule has 0 spiro atoms. The van der Waals surface area contributed by atoms with Gasteiger partial charge in [-0.2, -0.15) is 0 Å². The molecule has 5 heteroatoms. The number of hydrogen-bond acceptors (Lipinski definition) is 2. The van der Waals surface area contributed by atoms with Crippen LogP contribution >= 0.6 is 11.6 Å². The Balaban J connectivity index is 2.48. The van der Waals surface area contributed by atoms with Crippen LogP contribution in [0.25, 0.3) is 0 Å². The number of pyridine rings is 1. The molecule has 1 unspecified atom stereocenters. The van der Waals surface area contributed by atoms with Gasteiger partial charge in [0.05, 0.1) is 17.1 Å². The first kappa shape index (κ1) is 13.9. The molecule has 0 saturated carbocycles. The van der Waals surface area contributed by atoms with E-state index in [4.69, 9.17) is 11.6 Å². The normalized spacial score (nSPS) is 12.5. The number of nitrogens with one attached hydrogen (secondary N) is 1. The van der Waals surface area contributed by atoms with E-state index in [1.807, 2.05) is 0 Å². The molecule has 1 atom stereocenters. The van der Waals surface area contributed by atoms with Crippen molar-refractivity contribution in [3.05, 3.63) is 29.8 Å². The van der Waals surface area contributed by atoms with E-state index in [9.17, 15) is 9.18 Å². The second kappa shape index (κ2) is 6.55. The maximum atomic E-state index is 13.2. The number of hydrogen-bond donors (Lipinski definition) is 1. The molecule has 1 aromatic rings. The van der Waals surface area contributed by atoms with E-state index in [2.05, 4.69) is 24.1 Å². The lowest BCUT2D eigenvalue weighted by atomic mass is 10.1. The lowest BCUT2D eigenvalue weighted by Gasteiger charge is -2.13. The minimum Gasteiger partial charge on any atom is -0.350 e. The molecule has 3 nitrogen and oxygen atoms in total. The third-order valence-corrected chi connectivity index (χ3v) is 2.56. The van der Waals surface area contributed by atoms with Crippen molar-refractivity contribution in [1.82, 2.24) is 10.3 Å². The Morgan fingerprint density at radius 2 is 2.29 bits per heavy atom. The lowest BCUT2D eigenvalue weighted by Crippen LogP contribution is -2.31. The molecular formula is C12H16ClFN2O. The number of rotatable bonds is 5. The predicted molar refractivity (Wildman–Crippen MR) is 65.6 cm³/mol. The van der Waals surface area contributed by atoms with Crippen molar-refractivity contribution < 1.29 is 9.18 Å². The Morgan fingerprint density at radius 1 is 1.59 bits per heavy atom. The van der Waals surface area contributed by atoms with Gasteiger partial charge >= 0.3 is 0 Å². The summed E-state index contributed by atoms with van der Waals surface area (Å²) in [6, 6.07) is 1.34. The zero-order valence-electron chi connectivity index (χ0n) is 9.91. The number of carbonyl (C=O) groups is 1. The van der Waals surface area contributed by atoms with E-state index < -0.39 is 11.7 Å². The Morgan fingerprint density at radius 3 is 2.88 bits per heavy atom. The van der Waals surface area contributed by atoms with Gasteiger partial charge in [0.2, 0.25) is 0 Å². The molecule has 1 aromatic heterocycles. The maximum absolute atomic E-state index is 13.2. The third-order valence-electron chi connectivity index (χ3n) is 2.23. The summed E-state index contributed by atoms with van der Waals surface area (Å²) in [7, 11) is 0. The molecule has 0 aliphatic heterocycles. The Kier molecular flexibility index (Phi) is 5.35. The van der Waals surface area contributed by atoms with Crippen LogP contribution in [0.5, 0.6) is 0 Å². The highest BCUT2D eigenvalue weighted by molar-refractivity contribution is 6.20. The van der Waals surface area contributed by atoms with E-state index in [-0.39, 0.29) is 10.9 Å². The molecule has 17 heavy (non-hydrogen) atoms. The van der Waals surface area contributed by atoms with E-state index in [0.717, 1.165) is 12.6 Å². The van der Waals surface area contributed by atoms with E-state index in [1.165, 1.54) is 12.3 Å². The zero-order valence-corrected chi connectivity index (χ0v) is 10.7. The van der Waals surface area contributed by atoms with Crippen LogP contribution in [-0.4, -0.2) is 22.8 Å². The van der Waals surface area contributed by atoms with Crippen molar-refractivity contribution in [3.8, 4) is 0 Å². The fourth-order valence-electron chi connectivity index (χ4n) is 1.45. The summed E-state index contributed by atoms with van der Waals surface area (Å²) in [5.41, 5.74) is -0.00610. The van der Waals surface area contributed by atoms with Crippen LogP contribution in [0.1, 0.15) is 30.6 Å². The average molecular weight is 259 g/mol. The van der Waals surface area contributed by atoms with Crippen molar-refractivity contribution in [3.63, 3.8) is 0 Å². The van der Waals surface area contributed by atoms with Gasteiger partial charge < -0.3 is 5.32 Å². The van der Waals surface area contributed by atoms with Crippen molar-refractivity contribution in [1.29, 1.82) is 0 Å². The first-order valence-electron chi connectivity index (χ1n) is 5.52. The van der Waals surface area contributed by atoms with Crippen LogP contribution in [0, 0.1) is 11.7 Å². The molecule has 94 valence electrons. The second-order valence-corrected chi connectivity index (χ2v) is 4.91. The largest absolute Gasteiger partial charge is 0.350 e. The molecule has 0 aliphatic carbocycles. The highest BCUT2D eigenvalue weighted by Gasteiger charge is 2.13. The topological polar surface area (TPSA) is 42.0 Å². The molecule has 0 fully saturated rings. The van der Waals surface area contributed by atoms with Crippen molar-refractivity contribution in [2.24, 2.45) is 5.92 Å². The molecule has 0 saturated heterocycles. The SMILES string of the molecule is CC(C)CC(Cl)CNC(=O)c1ccncc1F. The fraction of sp³-hybridized carbons (Fsp3) is 0.500. The molecule has 0 bridgehead atoms. The molecule has 1 amide bonds. The number of nitrogens with zero attached hydrogens (tertiary/aromatic N) is 1. The first-order valence-corrected chi connectivity index (χ1v) is 5.96. The summed E-state index contributed by atoms with van der Waals surface area (Å²) in [6.07, 6.45) is 3.20. The zero-order chi connectivity index (χ0) is 12.8. The summed E-state index contributed by atoms with van der Waals surface area (Å²) in [5.74, 6) is -0.619. The first-order chi connectivity index (χ1) is 8.00. The molecule has 1 heterocycles. The number of carbonyl (C=O) groups excluding carboxylic acids is 1. The van der Waals surface area contributed by atoms with Gasteiger partial charge in [0, 0.05) is 12.7 Å². The van der Waals surface area contributed by atoms with Crippen molar-refractivity contribution in [2.75, 3.05) is 6.54 Å². The minimum absolute atomic E-state index is 0.00610. The van der Waals surface area contributed by atoms with Gasteiger partial charge in [0.25, 0.3) is 5.91 Å². The minimum atomic E-state index is -0.625. The van der Waals surface area contributed by atoms with Gasteiger partial charge in [-0.1, -0.05) is 13.8 Å². The molecule has 0 aliphatic rings. The molecule has 1 N–H and O–H groups in total. The van der Waals surface area contributed by atoms with Gasteiger partial charge in [0.15, 0.2) is 5.82 Å². The maximum Gasteiger partial charge on any atom is 0.254 e. The van der Waals surface area contributed by atoms with Gasteiger partial charge in [-0.05, 0) is 18.4 Å². The van der Waals surface area contributed by atoms with E-state index in [0.29, 0.717) is 12.5 Å². The molecule has 0 aromatic carbocycles. The highest BCUT2D eigenvalue weighted by atomic mass is 35.5. The number of amides is 1. The van der Waals surface area contributed by atoms with Gasteiger partial charge in [-0.15, -0.1) is 11.6 Å². The quantitative estimate of drug-likeness (QED) is 0.825. The van der Waals surface area contributed by atoms with Gasteiger partial charge in [-0.25, -0.2) is 4.39 Å². The third kappa shape index (κ3) is 4.69. The lowest BCUT2D eigenvalue weighted by molar-refractivity contribution is 0.0948. The highest BCUT2D eigenvalue weighted by Crippen LogP contribution is 2.10. The Labute approximate surface area is 105 Å². The van der Waals surface area contributed by atoms with Crippen molar-refractivity contribution >= 4 is 17.5 Å². The number of aromatic nitrogens is 1. The average Bonchev–Trinajstić information content (AvgIpc) is 2.25. The monoisotopic (exact) mass is 258 g/mol. The van der Waals surface area contributed by atoms with Crippen LogP contribution in [0.2, 0.25) is 0 Å². The predicted octanol–water partition coefficient (Wildman–Crippen LogP) is 2.60. The van der Waals surface area contributed by atoms with Crippen LogP contribution in [-0.2, 0) is 0 Å². The summed E-state index contributed by atoms with van der Waals surface area (Å²) in [5, 5.41) is 2.47. The van der Waals surface area contributed by atoms with Crippen molar-refractivity contribution in [2.45, 2.75) is 25.6 Å². The summed E-state index contributed by atoms with van der Waals surface area (Å²) >= 11 is 6.03.